The average molecular weight is 216 g/mol. The Morgan fingerprint density at radius 2 is 2.21 bits per heavy atom. The van der Waals surface area contributed by atoms with Gasteiger partial charge in [-0.25, -0.2) is 0 Å². The second-order valence-electron chi connectivity index (χ2n) is 3.37. The summed E-state index contributed by atoms with van der Waals surface area (Å²) < 4.78 is 5.01. The third-order valence-corrected chi connectivity index (χ3v) is 2.56. The SMILES string of the molecule is COc1cc2c(cc1O)C(N)CC2.Cl. The molecule has 0 aromatic heterocycles. The fraction of sp³-hybridized carbons (Fsp3) is 0.400. The first-order chi connectivity index (χ1) is 6.22. The first-order valence-corrected chi connectivity index (χ1v) is 4.37. The third-order valence-electron chi connectivity index (χ3n) is 2.56. The zero-order valence-corrected chi connectivity index (χ0v) is 8.80. The first kappa shape index (κ1) is 11.1. The number of aryl methyl sites for hydroxylation is 1. The largest absolute Gasteiger partial charge is 0.504 e. The number of aromatic hydroxyl groups is 1. The van der Waals surface area contributed by atoms with Crippen molar-refractivity contribution in [3.8, 4) is 11.5 Å². The molecule has 4 heteroatoms. The van der Waals surface area contributed by atoms with Gasteiger partial charge in [0.25, 0.3) is 0 Å². The lowest BCUT2D eigenvalue weighted by atomic mass is 10.1. The molecule has 14 heavy (non-hydrogen) atoms. The summed E-state index contributed by atoms with van der Waals surface area (Å²) in [5.74, 6) is 0.714. The molecule has 0 fully saturated rings. The second kappa shape index (κ2) is 4.07. The number of nitrogens with two attached hydrogens (primary N) is 1. The standard InChI is InChI=1S/C10H13NO2.ClH/c1-13-10-4-6-2-3-8(11)7(6)5-9(10)12;/h4-5,8,12H,2-3,11H2,1H3;1H. The van der Waals surface area contributed by atoms with Crippen LogP contribution in [0.5, 0.6) is 11.5 Å². The number of fused-ring (bicyclic) bond motifs is 1. The number of hydrogen-bond acceptors (Lipinski definition) is 3. The van der Waals surface area contributed by atoms with Crippen LogP contribution in [0.1, 0.15) is 23.6 Å². The highest BCUT2D eigenvalue weighted by atomic mass is 35.5. The maximum atomic E-state index is 9.51. The van der Waals surface area contributed by atoms with Crippen LogP contribution in [0.25, 0.3) is 0 Å². The molecule has 0 saturated carbocycles. The normalized spacial score (nSPS) is 18.6. The molecule has 0 aliphatic heterocycles. The Bertz CT molecular complexity index is 341. The van der Waals surface area contributed by atoms with Crippen molar-refractivity contribution < 1.29 is 9.84 Å². The van der Waals surface area contributed by atoms with Gasteiger partial charge in [0.2, 0.25) is 0 Å². The van der Waals surface area contributed by atoms with Gasteiger partial charge < -0.3 is 15.6 Å². The lowest BCUT2D eigenvalue weighted by Crippen LogP contribution is -2.04. The fourth-order valence-corrected chi connectivity index (χ4v) is 1.82. The molecule has 1 unspecified atom stereocenters. The lowest BCUT2D eigenvalue weighted by molar-refractivity contribution is 0.372. The van der Waals surface area contributed by atoms with Crippen molar-refractivity contribution in [3.63, 3.8) is 0 Å². The van der Waals surface area contributed by atoms with Crippen LogP contribution in [0, 0.1) is 0 Å². The van der Waals surface area contributed by atoms with Crippen LogP contribution in [0.4, 0.5) is 0 Å². The van der Waals surface area contributed by atoms with Gasteiger partial charge in [-0.15, -0.1) is 12.4 Å². The summed E-state index contributed by atoms with van der Waals surface area (Å²) >= 11 is 0. The van der Waals surface area contributed by atoms with Gasteiger partial charge in [0.1, 0.15) is 0 Å². The van der Waals surface area contributed by atoms with Gasteiger partial charge in [0.05, 0.1) is 7.11 Å². The Balaban J connectivity index is 0.000000980. The van der Waals surface area contributed by atoms with Crippen LogP contribution in [-0.2, 0) is 6.42 Å². The Morgan fingerprint density at radius 1 is 1.50 bits per heavy atom. The van der Waals surface area contributed by atoms with E-state index < -0.39 is 0 Å². The van der Waals surface area contributed by atoms with Crippen molar-refractivity contribution in [1.29, 1.82) is 0 Å². The van der Waals surface area contributed by atoms with Crippen molar-refractivity contribution in [2.24, 2.45) is 5.73 Å². The van der Waals surface area contributed by atoms with Crippen molar-refractivity contribution in [2.45, 2.75) is 18.9 Å². The third kappa shape index (κ3) is 1.65. The highest BCUT2D eigenvalue weighted by molar-refractivity contribution is 5.85. The van der Waals surface area contributed by atoms with E-state index in [0.717, 1.165) is 18.4 Å². The molecule has 3 nitrogen and oxygen atoms in total. The lowest BCUT2D eigenvalue weighted by Gasteiger charge is -2.08. The van der Waals surface area contributed by atoms with Crippen LogP contribution in [0.15, 0.2) is 12.1 Å². The fourth-order valence-electron chi connectivity index (χ4n) is 1.82. The van der Waals surface area contributed by atoms with Crippen LogP contribution in [0.3, 0.4) is 0 Å². The topological polar surface area (TPSA) is 55.5 Å². The van der Waals surface area contributed by atoms with Crippen LogP contribution in [0.2, 0.25) is 0 Å². The van der Waals surface area contributed by atoms with Crippen molar-refractivity contribution >= 4 is 12.4 Å². The minimum absolute atomic E-state index is 0. The molecule has 1 aromatic rings. The maximum absolute atomic E-state index is 9.51. The predicted octanol–water partition coefficient (Wildman–Crippen LogP) is 1.77. The quantitative estimate of drug-likeness (QED) is 0.751. The molecule has 1 aliphatic carbocycles. The Morgan fingerprint density at radius 3 is 2.86 bits per heavy atom. The molecule has 0 heterocycles. The van der Waals surface area contributed by atoms with Crippen LogP contribution in [-0.4, -0.2) is 12.2 Å². The van der Waals surface area contributed by atoms with Gasteiger partial charge in [-0.05, 0) is 36.1 Å². The molecule has 3 N–H and O–H groups in total. The van der Waals surface area contributed by atoms with E-state index in [2.05, 4.69) is 0 Å². The number of rotatable bonds is 1. The van der Waals surface area contributed by atoms with Crippen molar-refractivity contribution in [1.82, 2.24) is 0 Å². The number of halogens is 1. The van der Waals surface area contributed by atoms with Crippen molar-refractivity contribution in [3.05, 3.63) is 23.3 Å². The molecule has 0 bridgehead atoms. The van der Waals surface area contributed by atoms with Crippen LogP contribution < -0.4 is 10.5 Å². The summed E-state index contributed by atoms with van der Waals surface area (Å²) in [4.78, 5) is 0. The van der Waals surface area contributed by atoms with E-state index in [0.29, 0.717) is 5.75 Å². The molecule has 1 aliphatic rings. The molecular weight excluding hydrogens is 202 g/mol. The van der Waals surface area contributed by atoms with E-state index in [-0.39, 0.29) is 24.2 Å². The van der Waals surface area contributed by atoms with Gasteiger partial charge in [-0.2, -0.15) is 0 Å². The summed E-state index contributed by atoms with van der Waals surface area (Å²) in [7, 11) is 1.55. The molecule has 1 aromatic carbocycles. The van der Waals surface area contributed by atoms with Gasteiger partial charge in [-0.1, -0.05) is 0 Å². The molecule has 1 atom stereocenters. The molecule has 78 valence electrons. The Kier molecular flexibility index (Phi) is 3.24. The second-order valence-corrected chi connectivity index (χ2v) is 3.37. The number of phenolic OH excluding ortho intramolecular Hbond substituents is 1. The molecular formula is C10H14ClNO2. The summed E-state index contributed by atoms with van der Waals surface area (Å²) in [6.07, 6.45) is 1.94. The average Bonchev–Trinajstić information content (AvgIpc) is 2.47. The van der Waals surface area contributed by atoms with E-state index in [9.17, 15) is 5.11 Å². The predicted molar refractivity (Wildman–Crippen MR) is 57.2 cm³/mol. The van der Waals surface area contributed by atoms with E-state index in [1.807, 2.05) is 6.07 Å². The van der Waals surface area contributed by atoms with Crippen LogP contribution >= 0.6 is 12.4 Å². The van der Waals surface area contributed by atoms with Gasteiger partial charge in [0.15, 0.2) is 11.5 Å². The molecule has 2 rings (SSSR count). The summed E-state index contributed by atoms with van der Waals surface area (Å²) in [6.45, 7) is 0. The van der Waals surface area contributed by atoms with E-state index in [1.165, 1.54) is 5.56 Å². The number of hydrogen-bond donors (Lipinski definition) is 2. The smallest absolute Gasteiger partial charge is 0.160 e. The summed E-state index contributed by atoms with van der Waals surface area (Å²) in [5.41, 5.74) is 8.11. The number of phenols is 1. The monoisotopic (exact) mass is 215 g/mol. The minimum atomic E-state index is 0. The summed E-state index contributed by atoms with van der Waals surface area (Å²) in [6, 6.07) is 3.66. The summed E-state index contributed by atoms with van der Waals surface area (Å²) in [5, 5.41) is 9.51. The molecule has 0 amide bonds. The number of methoxy groups -OCH3 is 1. The Labute approximate surface area is 89.3 Å². The number of ether oxygens (including phenoxy) is 1. The van der Waals surface area contributed by atoms with E-state index in [1.54, 1.807) is 13.2 Å². The van der Waals surface area contributed by atoms with Crippen molar-refractivity contribution in [2.75, 3.05) is 7.11 Å². The number of benzene rings is 1. The minimum Gasteiger partial charge on any atom is -0.504 e. The maximum Gasteiger partial charge on any atom is 0.160 e. The Hall–Kier alpha value is -0.930. The zero-order chi connectivity index (χ0) is 9.42. The highest BCUT2D eigenvalue weighted by Crippen LogP contribution is 2.37. The molecule has 0 spiro atoms. The highest BCUT2D eigenvalue weighted by Gasteiger charge is 2.21. The van der Waals surface area contributed by atoms with Gasteiger partial charge in [0, 0.05) is 6.04 Å². The van der Waals surface area contributed by atoms with Gasteiger partial charge >= 0.3 is 0 Å². The zero-order valence-electron chi connectivity index (χ0n) is 7.99. The van der Waals surface area contributed by atoms with Gasteiger partial charge in [-0.3, -0.25) is 0 Å². The molecule has 0 saturated heterocycles. The first-order valence-electron chi connectivity index (χ1n) is 4.37. The molecule has 0 radical (unpaired) electrons. The van der Waals surface area contributed by atoms with E-state index >= 15 is 0 Å². The van der Waals surface area contributed by atoms with E-state index in [4.69, 9.17) is 10.5 Å².